The van der Waals surface area contributed by atoms with Gasteiger partial charge in [0, 0.05) is 17.5 Å². The lowest BCUT2D eigenvalue weighted by atomic mass is 9.96. The van der Waals surface area contributed by atoms with Gasteiger partial charge in [0.2, 0.25) is 6.23 Å². The van der Waals surface area contributed by atoms with E-state index in [1.807, 2.05) is 24.3 Å². The molecular weight excluding hydrogens is 396 g/mol. The largest absolute Gasteiger partial charge is 0.494 e. The number of para-hydroxylation sites is 1. The van der Waals surface area contributed by atoms with Crippen molar-refractivity contribution in [3.63, 3.8) is 0 Å². The molecule has 0 aliphatic carbocycles. The Morgan fingerprint density at radius 3 is 2.50 bits per heavy atom. The molecule has 5 rings (SSSR count). The van der Waals surface area contributed by atoms with Gasteiger partial charge in [0.1, 0.15) is 11.5 Å². The number of benzene rings is 3. The molecule has 0 saturated heterocycles. The van der Waals surface area contributed by atoms with E-state index in [1.165, 1.54) is 30.4 Å². The second-order valence-electron chi connectivity index (χ2n) is 8.50. The molecule has 2 heterocycles. The summed E-state index contributed by atoms with van der Waals surface area (Å²) in [6, 6.07) is 27.3. The summed E-state index contributed by atoms with van der Waals surface area (Å²) in [5.41, 5.74) is 4.56. The number of rotatable bonds is 8. The first kappa shape index (κ1) is 20.6. The van der Waals surface area contributed by atoms with Gasteiger partial charge in [0.05, 0.1) is 18.4 Å². The van der Waals surface area contributed by atoms with E-state index in [4.69, 9.17) is 14.6 Å². The SMILES string of the molecule is CCCCCCOc1ccc(C2Oc3ccccc3C3CC(c4ccccc4)=NN32)cc1. The van der Waals surface area contributed by atoms with Gasteiger partial charge >= 0.3 is 0 Å². The van der Waals surface area contributed by atoms with Crippen molar-refractivity contribution in [3.8, 4) is 11.5 Å². The maximum absolute atomic E-state index is 6.46. The average molecular weight is 427 g/mol. The van der Waals surface area contributed by atoms with Crippen LogP contribution in [0.25, 0.3) is 0 Å². The van der Waals surface area contributed by atoms with E-state index in [0.29, 0.717) is 0 Å². The minimum atomic E-state index is -0.255. The van der Waals surface area contributed by atoms with Crippen LogP contribution in [0.1, 0.15) is 68.0 Å². The summed E-state index contributed by atoms with van der Waals surface area (Å²) in [4.78, 5) is 0. The van der Waals surface area contributed by atoms with E-state index >= 15 is 0 Å². The molecule has 0 saturated carbocycles. The quantitative estimate of drug-likeness (QED) is 0.368. The number of hydrazone groups is 1. The molecule has 3 aromatic rings. The average Bonchev–Trinajstić information content (AvgIpc) is 3.30. The normalized spacial score (nSPS) is 19.0. The highest BCUT2D eigenvalue weighted by molar-refractivity contribution is 6.01. The first-order chi connectivity index (χ1) is 15.8. The van der Waals surface area contributed by atoms with Crippen molar-refractivity contribution in [2.24, 2.45) is 5.10 Å². The van der Waals surface area contributed by atoms with Gasteiger partial charge in [-0.2, -0.15) is 5.10 Å². The molecule has 0 amide bonds. The highest BCUT2D eigenvalue weighted by Crippen LogP contribution is 2.47. The van der Waals surface area contributed by atoms with E-state index in [-0.39, 0.29) is 12.3 Å². The molecule has 3 aromatic carbocycles. The summed E-state index contributed by atoms with van der Waals surface area (Å²) < 4.78 is 12.4. The Morgan fingerprint density at radius 2 is 1.69 bits per heavy atom. The molecule has 2 unspecified atom stereocenters. The van der Waals surface area contributed by atoms with E-state index in [2.05, 4.69) is 66.5 Å². The van der Waals surface area contributed by atoms with Crippen LogP contribution in [-0.2, 0) is 0 Å². The van der Waals surface area contributed by atoms with Gasteiger partial charge in [0.15, 0.2) is 0 Å². The number of hydrogen-bond donors (Lipinski definition) is 0. The zero-order chi connectivity index (χ0) is 21.8. The van der Waals surface area contributed by atoms with Gasteiger partial charge in [-0.1, -0.05) is 74.7 Å². The van der Waals surface area contributed by atoms with Crippen molar-refractivity contribution in [1.29, 1.82) is 0 Å². The Bertz CT molecular complexity index is 1060. The fraction of sp³-hybridized carbons (Fsp3) is 0.321. The smallest absolute Gasteiger partial charge is 0.213 e. The molecule has 164 valence electrons. The van der Waals surface area contributed by atoms with Crippen LogP contribution < -0.4 is 9.47 Å². The lowest BCUT2D eigenvalue weighted by Crippen LogP contribution is -2.33. The van der Waals surface area contributed by atoms with Crippen molar-refractivity contribution in [1.82, 2.24) is 5.01 Å². The predicted octanol–water partition coefficient (Wildman–Crippen LogP) is 6.89. The molecule has 0 fully saturated rings. The first-order valence-electron chi connectivity index (χ1n) is 11.7. The first-order valence-corrected chi connectivity index (χ1v) is 11.7. The number of unbranched alkanes of at least 4 members (excludes halogenated alkanes) is 3. The molecular formula is C28H30N2O2. The minimum absolute atomic E-state index is 0.176. The Morgan fingerprint density at radius 1 is 0.906 bits per heavy atom. The number of fused-ring (bicyclic) bond motifs is 3. The molecule has 0 spiro atoms. The lowest BCUT2D eigenvalue weighted by Gasteiger charge is -2.38. The van der Waals surface area contributed by atoms with Gasteiger partial charge in [-0.05, 0) is 42.3 Å². The number of nitrogens with zero attached hydrogens (tertiary/aromatic N) is 2. The van der Waals surface area contributed by atoms with Crippen molar-refractivity contribution in [2.75, 3.05) is 6.61 Å². The zero-order valence-electron chi connectivity index (χ0n) is 18.6. The van der Waals surface area contributed by atoms with Gasteiger partial charge in [-0.3, -0.25) is 0 Å². The molecule has 32 heavy (non-hydrogen) atoms. The fourth-order valence-electron chi connectivity index (χ4n) is 4.51. The molecule has 2 atom stereocenters. The Kier molecular flexibility index (Phi) is 6.11. The molecule has 0 bridgehead atoms. The molecule has 4 nitrogen and oxygen atoms in total. The third-order valence-electron chi connectivity index (χ3n) is 6.24. The van der Waals surface area contributed by atoms with Crippen molar-refractivity contribution >= 4 is 5.71 Å². The van der Waals surface area contributed by atoms with Crippen LogP contribution >= 0.6 is 0 Å². The lowest BCUT2D eigenvalue weighted by molar-refractivity contribution is -0.0190. The van der Waals surface area contributed by atoms with Crippen LogP contribution in [0, 0.1) is 0 Å². The summed E-state index contributed by atoms with van der Waals surface area (Å²) in [6.45, 7) is 2.99. The van der Waals surface area contributed by atoms with Crippen LogP contribution in [0.4, 0.5) is 0 Å². The summed E-state index contributed by atoms with van der Waals surface area (Å²) in [5, 5.41) is 7.16. The van der Waals surface area contributed by atoms with E-state index in [1.54, 1.807) is 0 Å². The highest BCUT2D eigenvalue weighted by atomic mass is 16.5. The van der Waals surface area contributed by atoms with E-state index in [0.717, 1.165) is 42.2 Å². The highest BCUT2D eigenvalue weighted by Gasteiger charge is 2.40. The van der Waals surface area contributed by atoms with Crippen LogP contribution in [0.2, 0.25) is 0 Å². The monoisotopic (exact) mass is 426 g/mol. The molecule has 4 heteroatoms. The fourth-order valence-corrected chi connectivity index (χ4v) is 4.51. The van der Waals surface area contributed by atoms with Crippen LogP contribution in [0.3, 0.4) is 0 Å². The van der Waals surface area contributed by atoms with Crippen LogP contribution in [0.5, 0.6) is 11.5 Å². The standard InChI is InChI=1S/C28H30N2O2/c1-2-3-4-10-19-31-23-17-15-22(16-18-23)28-30-26(24-13-8-9-14-27(24)32-28)20-25(29-30)21-11-6-5-7-12-21/h5-9,11-18,26,28H,2-4,10,19-20H2,1H3. The molecule has 0 aromatic heterocycles. The summed E-state index contributed by atoms with van der Waals surface area (Å²) in [5.74, 6) is 1.85. The Hall–Kier alpha value is -3.27. The van der Waals surface area contributed by atoms with Gasteiger partial charge < -0.3 is 9.47 Å². The van der Waals surface area contributed by atoms with E-state index < -0.39 is 0 Å². The van der Waals surface area contributed by atoms with E-state index in [9.17, 15) is 0 Å². The van der Waals surface area contributed by atoms with Crippen molar-refractivity contribution in [3.05, 3.63) is 95.6 Å². The molecule has 2 aliphatic heterocycles. The molecule has 2 aliphatic rings. The predicted molar refractivity (Wildman–Crippen MR) is 128 cm³/mol. The van der Waals surface area contributed by atoms with Crippen molar-refractivity contribution in [2.45, 2.75) is 51.3 Å². The zero-order valence-corrected chi connectivity index (χ0v) is 18.6. The molecule has 0 radical (unpaired) electrons. The maximum atomic E-state index is 6.46. The van der Waals surface area contributed by atoms with Crippen LogP contribution in [0.15, 0.2) is 84.0 Å². The Balaban J connectivity index is 1.38. The van der Waals surface area contributed by atoms with Gasteiger partial charge in [-0.15, -0.1) is 0 Å². The molecule has 0 N–H and O–H groups in total. The van der Waals surface area contributed by atoms with Crippen molar-refractivity contribution < 1.29 is 9.47 Å². The number of hydrogen-bond acceptors (Lipinski definition) is 4. The third kappa shape index (κ3) is 4.22. The summed E-state index contributed by atoms with van der Waals surface area (Å²) in [6.07, 6.45) is 5.46. The second kappa shape index (κ2) is 9.47. The number of ether oxygens (including phenoxy) is 2. The minimum Gasteiger partial charge on any atom is -0.494 e. The maximum Gasteiger partial charge on any atom is 0.213 e. The third-order valence-corrected chi connectivity index (χ3v) is 6.24. The van der Waals surface area contributed by atoms with Gasteiger partial charge in [0.25, 0.3) is 0 Å². The summed E-state index contributed by atoms with van der Waals surface area (Å²) in [7, 11) is 0. The van der Waals surface area contributed by atoms with Crippen LogP contribution in [-0.4, -0.2) is 17.3 Å². The Labute approximate surface area is 190 Å². The second-order valence-corrected chi connectivity index (χ2v) is 8.50. The summed E-state index contributed by atoms with van der Waals surface area (Å²) >= 11 is 0. The topological polar surface area (TPSA) is 34.1 Å². The van der Waals surface area contributed by atoms with Gasteiger partial charge in [-0.25, -0.2) is 5.01 Å².